The van der Waals surface area contributed by atoms with Gasteiger partial charge in [-0.05, 0) is 25.8 Å². The summed E-state index contributed by atoms with van der Waals surface area (Å²) < 4.78 is 0. The summed E-state index contributed by atoms with van der Waals surface area (Å²) in [6.45, 7) is 4.64. The second kappa shape index (κ2) is 4.61. The normalized spacial score (nSPS) is 20.2. The lowest BCUT2D eigenvalue weighted by atomic mass is 9.80. The van der Waals surface area contributed by atoms with Gasteiger partial charge in [0.2, 0.25) is 0 Å². The van der Waals surface area contributed by atoms with Gasteiger partial charge in [-0.15, -0.1) is 0 Å². The third-order valence-electron chi connectivity index (χ3n) is 2.74. The quantitative estimate of drug-likeness (QED) is 0.679. The number of carbonyl (C=O) groups excluding carboxylic acids is 1. The molecule has 1 rings (SSSR count). The highest BCUT2D eigenvalue weighted by Gasteiger charge is 2.23. The zero-order valence-corrected chi connectivity index (χ0v) is 8.10. The molecule has 0 unspecified atom stereocenters. The van der Waals surface area contributed by atoms with Crippen molar-refractivity contribution in [2.45, 2.75) is 45.6 Å². The predicted molar refractivity (Wildman–Crippen MR) is 50.1 cm³/mol. The van der Waals surface area contributed by atoms with Gasteiger partial charge in [0.1, 0.15) is 5.78 Å². The van der Waals surface area contributed by atoms with Crippen molar-refractivity contribution in [2.24, 2.45) is 5.92 Å². The maximum absolute atomic E-state index is 11.1. The predicted octanol–water partition coefficient (Wildman–Crippen LogP) is 1.74. The van der Waals surface area contributed by atoms with Gasteiger partial charge in [-0.25, -0.2) is 0 Å². The Labute approximate surface area is 74.7 Å². The molecule has 0 aromatic heterocycles. The smallest absolute Gasteiger partial charge is 0.146 e. The minimum Gasteiger partial charge on any atom is -0.308 e. The summed E-state index contributed by atoms with van der Waals surface area (Å²) in [6, 6.07) is 0.125. The van der Waals surface area contributed by atoms with Crippen LogP contribution in [0.15, 0.2) is 0 Å². The maximum atomic E-state index is 11.1. The molecule has 2 nitrogen and oxygen atoms in total. The first kappa shape index (κ1) is 9.72. The van der Waals surface area contributed by atoms with Crippen LogP contribution in [0, 0.1) is 5.92 Å². The Kier molecular flexibility index (Phi) is 3.73. The SMILES string of the molecule is CCN[C@@H](CC1CCC1)C(C)=O. The third-order valence-corrected chi connectivity index (χ3v) is 2.74. The molecular formula is C10H19NO. The fourth-order valence-corrected chi connectivity index (χ4v) is 1.70. The molecule has 0 aliphatic heterocycles. The van der Waals surface area contributed by atoms with Crippen molar-refractivity contribution < 1.29 is 4.79 Å². The number of likely N-dealkylation sites (N-methyl/N-ethyl adjacent to an activating group) is 1. The van der Waals surface area contributed by atoms with Gasteiger partial charge >= 0.3 is 0 Å². The van der Waals surface area contributed by atoms with Gasteiger partial charge in [-0.2, -0.15) is 0 Å². The Morgan fingerprint density at radius 3 is 2.58 bits per heavy atom. The van der Waals surface area contributed by atoms with Crippen LogP contribution in [-0.2, 0) is 4.79 Å². The van der Waals surface area contributed by atoms with Crippen LogP contribution in [0.4, 0.5) is 0 Å². The molecule has 1 fully saturated rings. The monoisotopic (exact) mass is 169 g/mol. The van der Waals surface area contributed by atoms with E-state index < -0.39 is 0 Å². The van der Waals surface area contributed by atoms with Gasteiger partial charge < -0.3 is 5.32 Å². The molecule has 0 saturated heterocycles. The van der Waals surface area contributed by atoms with Gasteiger partial charge in [0, 0.05) is 0 Å². The van der Waals surface area contributed by atoms with Crippen LogP contribution in [0.3, 0.4) is 0 Å². The molecule has 0 heterocycles. The van der Waals surface area contributed by atoms with E-state index in [1.807, 2.05) is 0 Å². The largest absolute Gasteiger partial charge is 0.308 e. The number of carbonyl (C=O) groups is 1. The molecule has 0 radical (unpaired) electrons. The van der Waals surface area contributed by atoms with Gasteiger partial charge in [0.15, 0.2) is 0 Å². The first-order chi connectivity index (χ1) is 5.74. The summed E-state index contributed by atoms with van der Waals surface area (Å²) >= 11 is 0. The number of Topliss-reactive ketones (excluding diaryl/α,β-unsaturated/α-hetero) is 1. The molecule has 0 amide bonds. The summed E-state index contributed by atoms with van der Waals surface area (Å²) in [4.78, 5) is 11.1. The summed E-state index contributed by atoms with van der Waals surface area (Å²) in [6.07, 6.45) is 5.08. The van der Waals surface area contributed by atoms with Crippen LogP contribution >= 0.6 is 0 Å². The van der Waals surface area contributed by atoms with Crippen LogP contribution in [0.1, 0.15) is 39.5 Å². The minimum atomic E-state index is 0.125. The molecule has 12 heavy (non-hydrogen) atoms. The van der Waals surface area contributed by atoms with Gasteiger partial charge in [-0.3, -0.25) is 4.79 Å². The fourth-order valence-electron chi connectivity index (χ4n) is 1.70. The molecular weight excluding hydrogens is 150 g/mol. The van der Waals surface area contributed by atoms with E-state index in [0.29, 0.717) is 5.78 Å². The molecule has 1 aliphatic carbocycles. The Morgan fingerprint density at radius 1 is 1.58 bits per heavy atom. The molecule has 70 valence electrons. The second-order valence-electron chi connectivity index (χ2n) is 3.75. The van der Waals surface area contributed by atoms with E-state index in [1.54, 1.807) is 6.92 Å². The first-order valence-electron chi connectivity index (χ1n) is 4.98. The van der Waals surface area contributed by atoms with Crippen molar-refractivity contribution in [3.63, 3.8) is 0 Å². The van der Waals surface area contributed by atoms with Gasteiger partial charge in [0.05, 0.1) is 6.04 Å². The molecule has 0 aromatic carbocycles. The lowest BCUT2D eigenvalue weighted by Crippen LogP contribution is -2.38. The molecule has 1 aliphatic rings. The fraction of sp³-hybridized carbons (Fsp3) is 0.900. The zero-order valence-electron chi connectivity index (χ0n) is 8.10. The van der Waals surface area contributed by atoms with Crippen molar-refractivity contribution in [1.82, 2.24) is 5.32 Å². The number of ketones is 1. The summed E-state index contributed by atoms with van der Waals surface area (Å²) in [5, 5.41) is 3.23. The number of nitrogens with one attached hydrogen (secondary N) is 1. The standard InChI is InChI=1S/C10H19NO/c1-3-11-10(8(2)12)7-9-5-4-6-9/h9-11H,3-7H2,1-2H3/t10-/m0/s1. The lowest BCUT2D eigenvalue weighted by Gasteiger charge is -2.28. The van der Waals surface area contributed by atoms with Crippen molar-refractivity contribution in [1.29, 1.82) is 0 Å². The van der Waals surface area contributed by atoms with Gasteiger partial charge in [0.25, 0.3) is 0 Å². The average molecular weight is 169 g/mol. The van der Waals surface area contributed by atoms with E-state index in [9.17, 15) is 4.79 Å². The van der Waals surface area contributed by atoms with Crippen LogP contribution < -0.4 is 5.32 Å². The molecule has 2 heteroatoms. The number of hydrogen-bond acceptors (Lipinski definition) is 2. The molecule has 0 spiro atoms. The molecule has 0 aromatic rings. The summed E-state index contributed by atoms with van der Waals surface area (Å²) in [7, 11) is 0. The highest BCUT2D eigenvalue weighted by atomic mass is 16.1. The second-order valence-corrected chi connectivity index (χ2v) is 3.75. The number of rotatable bonds is 5. The average Bonchev–Trinajstić information content (AvgIpc) is 1.93. The van der Waals surface area contributed by atoms with Crippen molar-refractivity contribution >= 4 is 5.78 Å². The molecule has 1 atom stereocenters. The Bertz CT molecular complexity index is 152. The third kappa shape index (κ3) is 2.59. The number of hydrogen-bond donors (Lipinski definition) is 1. The van der Waals surface area contributed by atoms with E-state index in [2.05, 4.69) is 12.2 Å². The Morgan fingerprint density at radius 2 is 2.25 bits per heavy atom. The van der Waals surface area contributed by atoms with E-state index in [0.717, 1.165) is 18.9 Å². The highest BCUT2D eigenvalue weighted by Crippen LogP contribution is 2.30. The first-order valence-corrected chi connectivity index (χ1v) is 4.98. The maximum Gasteiger partial charge on any atom is 0.146 e. The van der Waals surface area contributed by atoms with E-state index in [4.69, 9.17) is 0 Å². The minimum absolute atomic E-state index is 0.125. The molecule has 1 N–H and O–H groups in total. The van der Waals surface area contributed by atoms with E-state index in [-0.39, 0.29) is 6.04 Å². The van der Waals surface area contributed by atoms with Crippen LogP contribution in [0.5, 0.6) is 0 Å². The summed E-state index contributed by atoms with van der Waals surface area (Å²) in [5.41, 5.74) is 0. The Balaban J connectivity index is 2.26. The van der Waals surface area contributed by atoms with Crippen molar-refractivity contribution in [3.8, 4) is 0 Å². The zero-order chi connectivity index (χ0) is 8.97. The van der Waals surface area contributed by atoms with E-state index >= 15 is 0 Å². The summed E-state index contributed by atoms with van der Waals surface area (Å²) in [5.74, 6) is 1.11. The molecule has 1 saturated carbocycles. The topological polar surface area (TPSA) is 29.1 Å². The van der Waals surface area contributed by atoms with Crippen molar-refractivity contribution in [3.05, 3.63) is 0 Å². The van der Waals surface area contributed by atoms with E-state index in [1.165, 1.54) is 19.3 Å². The van der Waals surface area contributed by atoms with Crippen molar-refractivity contribution in [2.75, 3.05) is 6.54 Å². The van der Waals surface area contributed by atoms with Crippen LogP contribution in [0.25, 0.3) is 0 Å². The van der Waals surface area contributed by atoms with Gasteiger partial charge in [-0.1, -0.05) is 26.2 Å². The molecule has 0 bridgehead atoms. The Hall–Kier alpha value is -0.370. The lowest BCUT2D eigenvalue weighted by molar-refractivity contribution is -0.119. The highest BCUT2D eigenvalue weighted by molar-refractivity contribution is 5.81. The van der Waals surface area contributed by atoms with Crippen LogP contribution in [-0.4, -0.2) is 18.4 Å². The van der Waals surface area contributed by atoms with Crippen LogP contribution in [0.2, 0.25) is 0 Å².